The van der Waals surface area contributed by atoms with Gasteiger partial charge in [-0.05, 0) is 275 Å². The number of primary sulfonamides is 2. The van der Waals surface area contributed by atoms with Crippen LogP contribution in [0.3, 0.4) is 0 Å². The number of ether oxygens (including phenoxy) is 3. The third kappa shape index (κ3) is 26.4. The van der Waals surface area contributed by atoms with E-state index in [9.17, 15) is 40.8 Å². The average molecular weight is 2370 g/mol. The number of nitrogens with one attached hydrogen (secondary N) is 2. The van der Waals surface area contributed by atoms with Crippen molar-refractivity contribution >= 4 is 269 Å². The van der Waals surface area contributed by atoms with Crippen LogP contribution in [0.25, 0.3) is 82.3 Å². The van der Waals surface area contributed by atoms with Crippen LogP contribution in [0.1, 0.15) is 122 Å². The third-order valence-corrected chi connectivity index (χ3v) is 32.2. The molecular weight excluding hydrogens is 2270 g/mol. The number of hydrogen-bond donors (Lipinski definition) is 8. The van der Waals surface area contributed by atoms with E-state index in [4.69, 9.17) is 89.1 Å². The Morgan fingerprint density at radius 3 is 0.993 bits per heavy atom. The van der Waals surface area contributed by atoms with Crippen LogP contribution in [0, 0.1) is 4.77 Å². The number of sulfonamides is 2. The van der Waals surface area contributed by atoms with E-state index in [0.29, 0.717) is 86.8 Å². The van der Waals surface area contributed by atoms with E-state index in [1.54, 1.807) is 9.13 Å². The Morgan fingerprint density at radius 2 is 0.701 bits per heavy atom. The normalized spacial score (nSPS) is 13.6. The maximum absolute atomic E-state index is 12.6. The molecule has 17 aromatic rings. The SMILES string of the molecule is COC(=O)CCl.COC(=O)CSc1nnc(Br)n1-c1ccc(C2CC2)c2ccccc12.COC(=O)CSc1nnc(N)n1-c1ccc(C2CC2)c2ccccc12.NS(=O)(=O)c1ccc(NC(=O)CSc2nnc(Br)n2-c2ccc(C3CC3)c3ccccc23)c(Cl)c1.Nc1ccc(S(N)(=O)=O)cc1Cl.Nc1n[nH]c(=S)n1-c1ccc(C2CC2)c2ccccc12.O=C(O)CSc1nnc(Br)n1-c1ccc(C2CC2)c2ccccc12. The van der Waals surface area contributed by atoms with E-state index in [1.165, 1.54) is 217 Å². The summed E-state index contributed by atoms with van der Waals surface area (Å²) in [6.07, 6.45) is 12.5. The molecule has 147 heavy (non-hydrogen) atoms. The van der Waals surface area contributed by atoms with Gasteiger partial charge in [-0.2, -0.15) is 0 Å². The van der Waals surface area contributed by atoms with Crippen molar-refractivity contribution in [2.24, 2.45) is 10.3 Å². The first-order chi connectivity index (χ1) is 70.7. The second-order valence-electron chi connectivity index (χ2n) is 34.0. The van der Waals surface area contributed by atoms with Crippen molar-refractivity contribution < 1.29 is 60.1 Å². The van der Waals surface area contributed by atoms with E-state index in [2.05, 4.69) is 254 Å². The number of esters is 3. The summed E-state index contributed by atoms with van der Waals surface area (Å²) in [5.41, 5.74) is 29.7. The van der Waals surface area contributed by atoms with Gasteiger partial charge in [0, 0.05) is 26.9 Å². The molecule has 47 heteroatoms. The van der Waals surface area contributed by atoms with Gasteiger partial charge >= 0.3 is 23.9 Å². The molecule has 5 aliphatic carbocycles. The van der Waals surface area contributed by atoms with Crippen LogP contribution < -0.4 is 32.8 Å². The number of methoxy groups -OCH3 is 3. The molecule has 0 radical (unpaired) electrons. The van der Waals surface area contributed by atoms with E-state index in [-0.39, 0.29) is 72.3 Å². The van der Waals surface area contributed by atoms with Crippen LogP contribution in [-0.2, 0) is 58.2 Å². The Balaban J connectivity index is 0.000000127. The van der Waals surface area contributed by atoms with Crippen molar-refractivity contribution in [2.75, 3.05) is 72.7 Å². The lowest BCUT2D eigenvalue weighted by atomic mass is 9.99. The number of aromatic amines is 1. The molecule has 5 heterocycles. The number of alkyl halides is 1. The number of carbonyl (C=O) groups excluding carboxylic acids is 4. The number of nitrogens with zero attached hydrogens (tertiary/aromatic N) is 14. The third-order valence-electron chi connectivity index (χ3n) is 24.0. The Labute approximate surface area is 905 Å². The van der Waals surface area contributed by atoms with Gasteiger partial charge < -0.3 is 41.8 Å². The molecule has 22 rings (SSSR count). The largest absolute Gasteiger partial charge is 0.481 e. The van der Waals surface area contributed by atoms with E-state index in [0.717, 1.165) is 61.7 Å². The van der Waals surface area contributed by atoms with Crippen LogP contribution >= 0.6 is 142 Å². The predicted molar refractivity (Wildman–Crippen MR) is 590 cm³/mol. The van der Waals surface area contributed by atoms with Gasteiger partial charge in [-0.25, -0.2) is 32.2 Å². The average Bonchev–Trinajstić information content (AvgIpc) is 1.64. The maximum Gasteiger partial charge on any atom is 0.320 e. The summed E-state index contributed by atoms with van der Waals surface area (Å²) in [7, 11) is -3.53. The smallest absolute Gasteiger partial charge is 0.320 e. The molecule has 0 saturated heterocycles. The van der Waals surface area contributed by atoms with Crippen LogP contribution in [0.15, 0.2) is 263 Å². The summed E-state index contributed by atoms with van der Waals surface area (Å²) in [4.78, 5) is 56.1. The first-order valence-corrected chi connectivity index (χ1v) is 56.6. The van der Waals surface area contributed by atoms with Crippen molar-refractivity contribution in [3.63, 3.8) is 0 Å². The number of carbonyl (C=O) groups is 5. The number of thioether (sulfide) groups is 4. The lowest BCUT2D eigenvalue weighted by Crippen LogP contribution is -2.16. The number of carboxylic acids is 1. The van der Waals surface area contributed by atoms with Crippen molar-refractivity contribution in [1.82, 2.24) is 73.8 Å². The van der Waals surface area contributed by atoms with Crippen molar-refractivity contribution in [1.29, 1.82) is 0 Å². The molecule has 760 valence electrons. The molecule has 0 bridgehead atoms. The zero-order valence-corrected chi connectivity index (χ0v) is 91.1. The first-order valence-electron chi connectivity index (χ1n) is 45.5. The highest BCUT2D eigenvalue weighted by molar-refractivity contribution is 9.11. The predicted octanol–water partition coefficient (Wildman–Crippen LogP) is 21.3. The van der Waals surface area contributed by atoms with Gasteiger partial charge in [0.25, 0.3) is 0 Å². The number of benzene rings is 12. The summed E-state index contributed by atoms with van der Waals surface area (Å²) in [5.74, 6) is 2.09. The second kappa shape index (κ2) is 48.2. The standard InChI is InChI=1S/C23H19BrClN5O3S2.C18H16BrN3O2S.C18H18N4O2S.C17H14BrN3O2S.C15H14N4S.C6H7ClN2O2S.C3H5ClO2/c24-22-28-29-23(34-12-21(31)27-19-9-7-14(11-18(19)25)35(26,32)33)30(22)20-10-8-15(13-5-6-13)16-3-1-2-4-17(16)20;2*1-24-16(23)10-25-18-21-20-17(19)22(18)15-9-8-12(11-6-7-11)13-4-2-3-5-14(13)15;18-16-19-20-17(24-9-15(22)23)21(16)14-8-7-11(10-5-6-10)12-3-1-2-4-13(12)14;16-14-17-18-15(20)19(14)13-8-7-10(9-5-6-9)11-3-1-2-4-12(11)13;7-5-3-4(12(9,10)11)1-2-6(5)8;1-6-3(5)2-4/h1-4,7-11,13H,5-6,12H2,(H,27,31)(H2,26,32,33);2-5,8-9,11H,6-7,10H2,1H3;2-5,8-9,11H,6-7,10H2,1H3,(H2,19,20);1-4,7-8,10H,5-6,9H2,(H,22,23);1-4,7-9H,5-6H2,(H2,16,17)(H,18,20);1-3H,8H2,(H2,9,10,11);2H2,1H3. The number of carboxylic acid groups (broad SMARTS) is 1. The summed E-state index contributed by atoms with van der Waals surface area (Å²) < 4.78 is 69.5. The van der Waals surface area contributed by atoms with E-state index < -0.39 is 32.0 Å². The minimum Gasteiger partial charge on any atom is -0.481 e. The summed E-state index contributed by atoms with van der Waals surface area (Å²) in [6.45, 7) is 0. The van der Waals surface area contributed by atoms with Gasteiger partial charge in [0.05, 0.1) is 104 Å². The number of nitrogen functional groups attached to an aromatic ring is 3. The van der Waals surface area contributed by atoms with Crippen molar-refractivity contribution in [3.05, 3.63) is 275 Å². The summed E-state index contributed by atoms with van der Waals surface area (Å²) in [6, 6.07) is 70.8. The highest BCUT2D eigenvalue weighted by Crippen LogP contribution is 2.50. The van der Waals surface area contributed by atoms with Crippen LogP contribution in [0.2, 0.25) is 10.0 Å². The quantitative estimate of drug-likeness (QED) is 0.00623. The minimum absolute atomic E-state index is 0.0382. The van der Waals surface area contributed by atoms with Gasteiger partial charge in [0.1, 0.15) is 5.88 Å². The lowest BCUT2D eigenvalue weighted by Gasteiger charge is -2.14. The Kier molecular flexibility index (Phi) is 35.4. The number of aliphatic carboxylic acids is 1. The summed E-state index contributed by atoms with van der Waals surface area (Å²) >= 11 is 37.3. The monoisotopic (exact) mass is 2360 g/mol. The molecule has 5 aliphatic rings. The fourth-order valence-electron chi connectivity index (χ4n) is 16.4. The number of H-pyrrole nitrogens is 1. The number of halogens is 6. The molecule has 12 aromatic carbocycles. The first kappa shape index (κ1) is 108. The van der Waals surface area contributed by atoms with Gasteiger partial charge in [-0.1, -0.05) is 222 Å². The molecule has 1 amide bonds. The van der Waals surface area contributed by atoms with Gasteiger partial charge in [-0.3, -0.25) is 46.8 Å². The van der Waals surface area contributed by atoms with E-state index >= 15 is 0 Å². The number of nitrogens with two attached hydrogens (primary N) is 5. The highest BCUT2D eigenvalue weighted by Gasteiger charge is 2.33. The number of amides is 1. The summed E-state index contributed by atoms with van der Waals surface area (Å²) in [5, 5.41) is 75.8. The van der Waals surface area contributed by atoms with Gasteiger partial charge in [0.2, 0.25) is 56.8 Å². The molecule has 0 aliphatic heterocycles. The number of fused-ring (bicyclic) bond motifs is 5. The van der Waals surface area contributed by atoms with Gasteiger partial charge in [0.15, 0.2) is 20.6 Å². The highest BCUT2D eigenvalue weighted by atomic mass is 79.9. The zero-order chi connectivity index (χ0) is 104. The molecule has 0 atom stereocenters. The van der Waals surface area contributed by atoms with Crippen LogP contribution in [0.4, 0.5) is 23.3 Å². The van der Waals surface area contributed by atoms with Crippen LogP contribution in [-0.4, -0.2) is 176 Å². The maximum atomic E-state index is 12.6. The van der Waals surface area contributed by atoms with Crippen molar-refractivity contribution in [3.8, 4) is 28.4 Å². The fourth-order valence-corrected chi connectivity index (χ4v) is 23.0. The second-order valence-corrected chi connectivity index (χ2v) is 44.5. The number of hydrogen-bond acceptors (Lipinski definition) is 29. The molecule has 0 unspecified atom stereocenters. The molecule has 5 aromatic heterocycles. The lowest BCUT2D eigenvalue weighted by molar-refractivity contribution is -0.138. The Morgan fingerprint density at radius 1 is 0.401 bits per heavy atom. The number of aromatic nitrogens is 15. The topological polar surface area (TPSA) is 500 Å². The van der Waals surface area contributed by atoms with Crippen LogP contribution in [0.5, 0.6) is 0 Å². The minimum atomic E-state index is -3.89. The van der Waals surface area contributed by atoms with E-state index in [1.807, 2.05) is 50.1 Å². The van der Waals surface area contributed by atoms with Crippen molar-refractivity contribution in [2.45, 2.75) is 124 Å². The molecule has 13 N–H and O–H groups in total. The molecule has 34 nitrogen and oxygen atoms in total. The molecule has 0 spiro atoms. The Bertz CT molecular complexity index is 8030. The molecule has 5 fully saturated rings. The molecular formula is C100H93Br3Cl3N21O13S7. The Hall–Kier alpha value is -11.9. The number of anilines is 4. The van der Waals surface area contributed by atoms with Gasteiger partial charge in [-0.15, -0.1) is 57.5 Å². The number of rotatable bonds is 26. The molecule has 5 saturated carbocycles. The fraction of sp³-hybridized carbons (Fsp3) is 0.230. The zero-order valence-electron chi connectivity index (χ0n) is 78.4.